The minimum absolute atomic E-state index is 0.0342. The maximum atomic E-state index is 12.8. The Morgan fingerprint density at radius 1 is 1.24 bits per heavy atom. The first-order valence-electron chi connectivity index (χ1n) is 11.5. The Morgan fingerprint density at radius 2 is 2.05 bits per heavy atom. The summed E-state index contributed by atoms with van der Waals surface area (Å²) in [7, 11) is 0. The molecule has 0 radical (unpaired) electrons. The average molecular weight is 519 g/mol. The fourth-order valence-corrected chi connectivity index (χ4v) is 4.49. The topological polar surface area (TPSA) is 156 Å². The number of aliphatic imine (C=N–C) groups is 1. The second-order valence-corrected chi connectivity index (χ2v) is 8.95. The van der Waals surface area contributed by atoms with Crippen molar-refractivity contribution in [2.24, 2.45) is 10.7 Å². The second kappa shape index (κ2) is 12.0. The van der Waals surface area contributed by atoms with Gasteiger partial charge < -0.3 is 25.5 Å². The Bertz CT molecular complexity index is 1490. The molecule has 5 N–H and O–H groups in total. The largest absolute Gasteiger partial charge is 0.493 e. The molecule has 2 heterocycles. The number of fused-ring (bicyclic) bond motifs is 1. The molecular formula is C26H26N6O4S. The van der Waals surface area contributed by atoms with Crippen LogP contribution >= 0.6 is 11.3 Å². The maximum Gasteiger partial charge on any atom is 0.288 e. The van der Waals surface area contributed by atoms with Crippen LogP contribution in [-0.4, -0.2) is 41.4 Å². The number of rotatable bonds is 10. The van der Waals surface area contributed by atoms with Crippen molar-refractivity contribution in [2.45, 2.75) is 19.9 Å². The average Bonchev–Trinajstić information content (AvgIpc) is 3.33. The van der Waals surface area contributed by atoms with E-state index in [4.69, 9.17) is 20.6 Å². The first-order chi connectivity index (χ1) is 17.9. The molecule has 190 valence electrons. The van der Waals surface area contributed by atoms with E-state index in [0.717, 1.165) is 28.6 Å². The van der Waals surface area contributed by atoms with Crippen molar-refractivity contribution in [1.29, 1.82) is 5.41 Å². The molecule has 2 aromatic heterocycles. The summed E-state index contributed by atoms with van der Waals surface area (Å²) in [5, 5.41) is 12.0. The molecule has 0 spiro atoms. The number of benzene rings is 2. The van der Waals surface area contributed by atoms with Gasteiger partial charge in [0.25, 0.3) is 17.5 Å². The summed E-state index contributed by atoms with van der Waals surface area (Å²) in [6.45, 7) is 2.94. The number of amidine groups is 1. The van der Waals surface area contributed by atoms with E-state index in [1.807, 2.05) is 60.8 Å². The molecule has 2 aromatic carbocycles. The van der Waals surface area contributed by atoms with Gasteiger partial charge in [-0.25, -0.2) is 4.98 Å². The number of ether oxygens (including phenoxy) is 2. The van der Waals surface area contributed by atoms with Gasteiger partial charge >= 0.3 is 0 Å². The minimum atomic E-state index is -0.475. The summed E-state index contributed by atoms with van der Waals surface area (Å²) in [6, 6.07) is 15.2. The van der Waals surface area contributed by atoms with Crippen molar-refractivity contribution in [1.82, 2.24) is 15.3 Å². The second-order valence-electron chi connectivity index (χ2n) is 8.09. The molecule has 4 aromatic rings. The molecule has 0 aliphatic carbocycles. The summed E-state index contributed by atoms with van der Waals surface area (Å²) in [5.41, 5.74) is 8.77. The molecule has 0 atom stereocenters. The number of nitrogens with one attached hydrogen (secondary N) is 3. The van der Waals surface area contributed by atoms with Crippen LogP contribution in [0.5, 0.6) is 5.75 Å². The molecule has 4 rings (SSSR count). The van der Waals surface area contributed by atoms with Crippen LogP contribution in [0.2, 0.25) is 0 Å². The Morgan fingerprint density at radius 3 is 2.84 bits per heavy atom. The van der Waals surface area contributed by atoms with Gasteiger partial charge in [-0.3, -0.25) is 15.0 Å². The molecule has 10 nitrogen and oxygen atoms in total. The molecule has 0 aliphatic heterocycles. The van der Waals surface area contributed by atoms with Gasteiger partial charge in [0.15, 0.2) is 0 Å². The van der Waals surface area contributed by atoms with Crippen molar-refractivity contribution in [3.8, 4) is 16.9 Å². The zero-order valence-corrected chi connectivity index (χ0v) is 20.9. The van der Waals surface area contributed by atoms with Gasteiger partial charge in [-0.05, 0) is 30.2 Å². The summed E-state index contributed by atoms with van der Waals surface area (Å²) >= 11 is 1.33. The highest BCUT2D eigenvalue weighted by Gasteiger charge is 2.16. The molecule has 0 aliphatic rings. The van der Waals surface area contributed by atoms with E-state index in [1.54, 1.807) is 0 Å². The highest BCUT2D eigenvalue weighted by molar-refractivity contribution is 7.17. The predicted octanol–water partition coefficient (Wildman–Crippen LogP) is 3.60. The Kier molecular flexibility index (Phi) is 8.26. The summed E-state index contributed by atoms with van der Waals surface area (Å²) < 4.78 is 10.8. The Labute approximate surface area is 216 Å². The minimum Gasteiger partial charge on any atom is -0.493 e. The van der Waals surface area contributed by atoms with Crippen LogP contribution in [0, 0.1) is 12.3 Å². The van der Waals surface area contributed by atoms with Crippen molar-refractivity contribution < 1.29 is 14.3 Å². The number of nitrogens with two attached hydrogens (primary N) is 1. The normalized spacial score (nSPS) is 11.3. The van der Waals surface area contributed by atoms with E-state index in [0.29, 0.717) is 35.6 Å². The van der Waals surface area contributed by atoms with Crippen molar-refractivity contribution >= 4 is 39.8 Å². The number of carbonyl (C=O) groups is 1. The molecule has 37 heavy (non-hydrogen) atoms. The van der Waals surface area contributed by atoms with Crippen molar-refractivity contribution in [3.05, 3.63) is 81.2 Å². The summed E-state index contributed by atoms with van der Waals surface area (Å²) in [5.74, 6) is 0.132. The van der Waals surface area contributed by atoms with Gasteiger partial charge in [0, 0.05) is 23.9 Å². The lowest BCUT2D eigenvalue weighted by Crippen LogP contribution is -2.27. The van der Waals surface area contributed by atoms with Crippen LogP contribution in [0.15, 0.2) is 63.7 Å². The lowest BCUT2D eigenvalue weighted by Gasteiger charge is -2.09. The highest BCUT2D eigenvalue weighted by atomic mass is 32.1. The van der Waals surface area contributed by atoms with Crippen LogP contribution < -0.4 is 21.3 Å². The number of carbonyl (C=O) groups excluding carboxylic acids is 1. The van der Waals surface area contributed by atoms with Crippen molar-refractivity contribution in [2.75, 3.05) is 13.2 Å². The number of hydrogen-bond donors (Lipinski definition) is 4. The van der Waals surface area contributed by atoms with Crippen LogP contribution in [0.1, 0.15) is 28.2 Å². The molecule has 11 heteroatoms. The van der Waals surface area contributed by atoms with Gasteiger partial charge in [0.05, 0.1) is 18.6 Å². The molecule has 0 unspecified atom stereocenters. The van der Waals surface area contributed by atoms with Gasteiger partial charge in [0.1, 0.15) is 16.9 Å². The van der Waals surface area contributed by atoms with E-state index >= 15 is 0 Å². The smallest absolute Gasteiger partial charge is 0.288 e. The van der Waals surface area contributed by atoms with Gasteiger partial charge in [0.2, 0.25) is 5.82 Å². The van der Waals surface area contributed by atoms with Crippen LogP contribution in [0.25, 0.3) is 21.3 Å². The SMILES string of the molecule is Cc1ccc(-c2csc3nc(C(=O)NCc4cccc(OCCCOC(N)=NC=N)c4)[nH]c(=O)c23)cc1. The predicted molar refractivity (Wildman–Crippen MR) is 144 cm³/mol. The number of amides is 1. The third-order valence-electron chi connectivity index (χ3n) is 5.37. The van der Waals surface area contributed by atoms with Crippen LogP contribution in [-0.2, 0) is 11.3 Å². The molecular weight excluding hydrogens is 492 g/mol. The monoisotopic (exact) mass is 518 g/mol. The third kappa shape index (κ3) is 6.58. The number of hydrogen-bond acceptors (Lipinski definition) is 7. The summed E-state index contributed by atoms with van der Waals surface area (Å²) in [4.78, 5) is 36.6. The maximum absolute atomic E-state index is 12.8. The first-order valence-corrected chi connectivity index (χ1v) is 12.4. The Balaban J connectivity index is 1.35. The van der Waals surface area contributed by atoms with E-state index in [1.165, 1.54) is 11.3 Å². The van der Waals surface area contributed by atoms with Crippen LogP contribution in [0.3, 0.4) is 0 Å². The van der Waals surface area contributed by atoms with E-state index in [-0.39, 0.29) is 24.0 Å². The fraction of sp³-hybridized carbons (Fsp3) is 0.192. The van der Waals surface area contributed by atoms with Gasteiger partial charge in [-0.1, -0.05) is 42.0 Å². The van der Waals surface area contributed by atoms with E-state index < -0.39 is 5.91 Å². The molecule has 0 bridgehead atoms. The summed E-state index contributed by atoms with van der Waals surface area (Å²) in [6.07, 6.45) is 1.39. The standard InChI is InChI=1S/C26H26N6O4S/c1-16-6-8-18(9-7-16)20-14-37-25-21(20)23(33)31-22(32-25)24(34)29-13-17-4-2-5-19(12-17)35-10-3-11-36-26(28)30-15-27/h2,4-9,12,14-15H,3,10-11,13H2,1H3,(H,29,34)(H3,27,28,30)(H,31,32,33). The van der Waals surface area contributed by atoms with E-state index in [9.17, 15) is 9.59 Å². The number of aromatic amines is 1. The lowest BCUT2D eigenvalue weighted by atomic mass is 10.1. The third-order valence-corrected chi connectivity index (χ3v) is 6.24. The first kappa shape index (κ1) is 25.6. The number of thiophene rings is 1. The number of aryl methyl sites for hydroxylation is 1. The molecule has 0 saturated heterocycles. The van der Waals surface area contributed by atoms with E-state index in [2.05, 4.69) is 20.3 Å². The lowest BCUT2D eigenvalue weighted by molar-refractivity contribution is 0.0940. The highest BCUT2D eigenvalue weighted by Crippen LogP contribution is 2.30. The molecule has 0 saturated carbocycles. The molecule has 1 amide bonds. The zero-order chi connectivity index (χ0) is 26.2. The number of aromatic nitrogens is 2. The van der Waals surface area contributed by atoms with Crippen molar-refractivity contribution in [3.63, 3.8) is 0 Å². The number of H-pyrrole nitrogens is 1. The van der Waals surface area contributed by atoms with Crippen LogP contribution in [0.4, 0.5) is 0 Å². The quantitative estimate of drug-likeness (QED) is 0.143. The zero-order valence-electron chi connectivity index (χ0n) is 20.1. The number of nitrogens with zero attached hydrogens (tertiary/aromatic N) is 2. The van der Waals surface area contributed by atoms with Gasteiger partial charge in [-0.2, -0.15) is 4.99 Å². The molecule has 0 fully saturated rings. The Hall–Kier alpha value is -4.51. The van der Waals surface area contributed by atoms with Gasteiger partial charge in [-0.15, -0.1) is 11.3 Å². The fourth-order valence-electron chi connectivity index (χ4n) is 3.54.